The molecule has 0 amide bonds. The molecular weight excluding hydrogens is 300 g/mol. The van der Waals surface area contributed by atoms with E-state index in [1.807, 2.05) is 31.2 Å². The smallest absolute Gasteiger partial charge is 0.142 e. The van der Waals surface area contributed by atoms with Gasteiger partial charge in [0, 0.05) is 10.6 Å². The van der Waals surface area contributed by atoms with Gasteiger partial charge in [0.25, 0.3) is 0 Å². The summed E-state index contributed by atoms with van der Waals surface area (Å²) in [6, 6.07) is 9.95. The second-order valence-corrected chi connectivity index (χ2v) is 5.11. The van der Waals surface area contributed by atoms with Crippen LogP contribution in [-0.4, -0.2) is 7.11 Å². The molecule has 0 aliphatic carbocycles. The van der Waals surface area contributed by atoms with E-state index >= 15 is 0 Å². The zero-order chi connectivity index (χ0) is 14.7. The first-order chi connectivity index (χ1) is 9.54. The fourth-order valence-corrected chi connectivity index (χ4v) is 2.71. The molecule has 1 N–H and O–H groups in total. The summed E-state index contributed by atoms with van der Waals surface area (Å²) in [4.78, 5) is 0. The number of hydrogen-bond donors (Lipinski definition) is 1. The monoisotopic (exact) mass is 313 g/mol. The molecule has 0 aromatic heterocycles. The maximum absolute atomic E-state index is 13.6. The molecule has 2 rings (SSSR count). The molecule has 106 valence electrons. The lowest BCUT2D eigenvalue weighted by Gasteiger charge is -2.20. The maximum Gasteiger partial charge on any atom is 0.142 e. The van der Waals surface area contributed by atoms with Gasteiger partial charge in [-0.2, -0.15) is 0 Å². The van der Waals surface area contributed by atoms with Crippen molar-refractivity contribution in [3.63, 3.8) is 0 Å². The summed E-state index contributed by atoms with van der Waals surface area (Å²) in [6.45, 7) is 1.86. The van der Waals surface area contributed by atoms with E-state index in [1.54, 1.807) is 7.11 Å². The highest BCUT2D eigenvalue weighted by atomic mass is 35.5. The van der Waals surface area contributed by atoms with Crippen molar-refractivity contribution in [3.05, 3.63) is 57.8 Å². The number of nitrogens with one attached hydrogen (secondary N) is 1. The predicted molar refractivity (Wildman–Crippen MR) is 81.5 cm³/mol. The molecule has 0 aliphatic rings. The quantitative estimate of drug-likeness (QED) is 0.772. The van der Waals surface area contributed by atoms with Gasteiger partial charge in [0.15, 0.2) is 0 Å². The zero-order valence-electron chi connectivity index (χ0n) is 11.1. The molecule has 0 spiro atoms. The van der Waals surface area contributed by atoms with E-state index in [0.29, 0.717) is 16.3 Å². The molecule has 2 aromatic carbocycles. The van der Waals surface area contributed by atoms with Crippen molar-refractivity contribution in [3.8, 4) is 5.75 Å². The van der Waals surface area contributed by atoms with Crippen LogP contribution in [0.2, 0.25) is 10.0 Å². The van der Waals surface area contributed by atoms with E-state index in [0.717, 1.165) is 5.69 Å². The van der Waals surface area contributed by atoms with Crippen LogP contribution < -0.4 is 10.1 Å². The van der Waals surface area contributed by atoms with Gasteiger partial charge in [-0.3, -0.25) is 0 Å². The van der Waals surface area contributed by atoms with Gasteiger partial charge in [0.05, 0.1) is 23.9 Å². The Kier molecular flexibility index (Phi) is 4.73. The molecule has 2 nitrogen and oxygen atoms in total. The summed E-state index contributed by atoms with van der Waals surface area (Å²) in [5.41, 5.74) is 1.32. The largest absolute Gasteiger partial charge is 0.495 e. The second-order valence-electron chi connectivity index (χ2n) is 4.32. The first kappa shape index (κ1) is 14.9. The number of benzene rings is 2. The van der Waals surface area contributed by atoms with Crippen molar-refractivity contribution >= 4 is 28.9 Å². The summed E-state index contributed by atoms with van der Waals surface area (Å²) in [5, 5.41) is 3.68. The fraction of sp³-hybridized carbons (Fsp3) is 0.200. The van der Waals surface area contributed by atoms with Crippen molar-refractivity contribution < 1.29 is 9.13 Å². The van der Waals surface area contributed by atoms with E-state index in [4.69, 9.17) is 27.9 Å². The topological polar surface area (TPSA) is 21.3 Å². The normalized spacial score (nSPS) is 12.1. The Morgan fingerprint density at radius 3 is 2.55 bits per heavy atom. The molecule has 0 radical (unpaired) electrons. The van der Waals surface area contributed by atoms with Crippen molar-refractivity contribution in [1.29, 1.82) is 0 Å². The Balaban J connectivity index is 2.33. The third kappa shape index (κ3) is 3.00. The SMILES string of the molecule is COc1ccccc1NC(C)c1c(Cl)ccc(F)c1Cl. The minimum absolute atomic E-state index is 0.0346. The highest BCUT2D eigenvalue weighted by Crippen LogP contribution is 2.35. The number of methoxy groups -OCH3 is 1. The molecule has 0 saturated heterocycles. The maximum atomic E-state index is 13.6. The number of ether oxygens (including phenoxy) is 1. The third-order valence-electron chi connectivity index (χ3n) is 2.99. The molecule has 0 heterocycles. The number of anilines is 1. The van der Waals surface area contributed by atoms with Gasteiger partial charge in [-0.1, -0.05) is 35.3 Å². The molecule has 0 aliphatic heterocycles. The van der Waals surface area contributed by atoms with Crippen LogP contribution >= 0.6 is 23.2 Å². The Labute approximate surface area is 127 Å². The first-order valence-corrected chi connectivity index (χ1v) is 6.83. The Bertz CT molecular complexity index is 619. The molecule has 1 unspecified atom stereocenters. The number of halogens is 3. The van der Waals surface area contributed by atoms with Gasteiger partial charge in [0.1, 0.15) is 11.6 Å². The summed E-state index contributed by atoms with van der Waals surface area (Å²) >= 11 is 12.1. The van der Waals surface area contributed by atoms with Crippen molar-refractivity contribution in [2.45, 2.75) is 13.0 Å². The van der Waals surface area contributed by atoms with Gasteiger partial charge in [-0.05, 0) is 31.2 Å². The van der Waals surface area contributed by atoms with Crippen molar-refractivity contribution in [2.75, 3.05) is 12.4 Å². The average molecular weight is 314 g/mol. The fourth-order valence-electron chi connectivity index (χ4n) is 2.01. The van der Waals surface area contributed by atoms with E-state index in [2.05, 4.69) is 5.32 Å². The van der Waals surface area contributed by atoms with Crippen molar-refractivity contribution in [2.24, 2.45) is 0 Å². The molecule has 0 fully saturated rings. The Hall–Kier alpha value is -1.45. The molecule has 5 heteroatoms. The summed E-state index contributed by atoms with van der Waals surface area (Å²) in [6.07, 6.45) is 0. The van der Waals surface area contributed by atoms with Gasteiger partial charge in [-0.15, -0.1) is 0 Å². The van der Waals surface area contributed by atoms with Gasteiger partial charge in [-0.25, -0.2) is 4.39 Å². The molecular formula is C15H14Cl2FNO. The van der Waals surface area contributed by atoms with Gasteiger partial charge >= 0.3 is 0 Å². The molecule has 2 aromatic rings. The zero-order valence-corrected chi connectivity index (χ0v) is 12.6. The van der Waals surface area contributed by atoms with Crippen LogP contribution in [0.25, 0.3) is 0 Å². The standard InChI is InChI=1S/C15H14Cl2FNO/c1-9(14-10(16)7-8-11(18)15(14)17)19-12-5-3-4-6-13(12)20-2/h3-9,19H,1-2H3. The number of para-hydroxylation sites is 2. The third-order valence-corrected chi connectivity index (χ3v) is 3.71. The number of rotatable bonds is 4. The minimum atomic E-state index is -0.486. The molecule has 1 atom stereocenters. The van der Waals surface area contributed by atoms with E-state index in [1.165, 1.54) is 12.1 Å². The highest BCUT2D eigenvalue weighted by molar-refractivity contribution is 6.36. The Morgan fingerprint density at radius 2 is 1.85 bits per heavy atom. The molecule has 20 heavy (non-hydrogen) atoms. The minimum Gasteiger partial charge on any atom is -0.495 e. The predicted octanol–water partition coefficient (Wildman–Crippen LogP) is 5.31. The lowest BCUT2D eigenvalue weighted by molar-refractivity contribution is 0.416. The lowest BCUT2D eigenvalue weighted by atomic mass is 10.1. The molecule has 0 saturated carbocycles. The average Bonchev–Trinajstić information content (AvgIpc) is 2.44. The second kappa shape index (κ2) is 6.33. The highest BCUT2D eigenvalue weighted by Gasteiger charge is 2.17. The summed E-state index contributed by atoms with van der Waals surface area (Å²) in [7, 11) is 1.59. The van der Waals surface area contributed by atoms with E-state index < -0.39 is 5.82 Å². The number of hydrogen-bond acceptors (Lipinski definition) is 2. The lowest BCUT2D eigenvalue weighted by Crippen LogP contribution is -2.09. The van der Waals surface area contributed by atoms with Crippen LogP contribution in [-0.2, 0) is 0 Å². The van der Waals surface area contributed by atoms with Crippen LogP contribution in [0.4, 0.5) is 10.1 Å². The van der Waals surface area contributed by atoms with Crippen LogP contribution in [0.1, 0.15) is 18.5 Å². The van der Waals surface area contributed by atoms with Crippen LogP contribution in [0.15, 0.2) is 36.4 Å². The van der Waals surface area contributed by atoms with Gasteiger partial charge < -0.3 is 10.1 Å². The van der Waals surface area contributed by atoms with Crippen LogP contribution in [0, 0.1) is 5.82 Å². The Morgan fingerprint density at radius 1 is 1.15 bits per heavy atom. The first-order valence-electron chi connectivity index (χ1n) is 6.07. The van der Waals surface area contributed by atoms with Crippen molar-refractivity contribution in [1.82, 2.24) is 0 Å². The van der Waals surface area contributed by atoms with Crippen LogP contribution in [0.5, 0.6) is 5.75 Å². The summed E-state index contributed by atoms with van der Waals surface area (Å²) < 4.78 is 18.8. The van der Waals surface area contributed by atoms with E-state index in [9.17, 15) is 4.39 Å². The van der Waals surface area contributed by atoms with Gasteiger partial charge in [0.2, 0.25) is 0 Å². The van der Waals surface area contributed by atoms with Crippen LogP contribution in [0.3, 0.4) is 0 Å². The van der Waals surface area contributed by atoms with E-state index in [-0.39, 0.29) is 11.1 Å². The molecule has 0 bridgehead atoms. The summed E-state index contributed by atoms with van der Waals surface area (Å²) in [5.74, 6) is 0.211.